The van der Waals surface area contributed by atoms with E-state index in [9.17, 15) is 32.7 Å². The lowest BCUT2D eigenvalue weighted by Gasteiger charge is -2.47. The van der Waals surface area contributed by atoms with Crippen molar-refractivity contribution in [1.29, 1.82) is 0 Å². The van der Waals surface area contributed by atoms with Crippen molar-refractivity contribution in [2.75, 3.05) is 18.8 Å². The first kappa shape index (κ1) is 28.6. The molecule has 14 heteroatoms. The molecular formula is C27H31N5O8S. The number of amides is 3. The van der Waals surface area contributed by atoms with Gasteiger partial charge in [0.15, 0.2) is 0 Å². The Bertz CT molecular complexity index is 1510. The number of rotatable bonds is 6. The first-order valence-electron chi connectivity index (χ1n) is 13.4. The Labute approximate surface area is 236 Å². The largest absolute Gasteiger partial charge is 0.434 e. The van der Waals surface area contributed by atoms with Crippen LogP contribution < -0.4 is 10.6 Å². The van der Waals surface area contributed by atoms with Crippen LogP contribution in [0.4, 0.5) is 0 Å². The molecule has 5 atom stereocenters. The highest BCUT2D eigenvalue weighted by Crippen LogP contribution is 2.26. The average Bonchev–Trinajstić information content (AvgIpc) is 3.28. The number of aromatic nitrogens is 1. The fourth-order valence-corrected chi connectivity index (χ4v) is 6.57. The van der Waals surface area contributed by atoms with Gasteiger partial charge in [0, 0.05) is 30.7 Å². The quantitative estimate of drug-likeness (QED) is 0.303. The van der Waals surface area contributed by atoms with Crippen molar-refractivity contribution in [3.05, 3.63) is 54.4 Å². The SMILES string of the molecule is CCS(=O)(=O)N1C[C@@H]2C/C=C\C[C@H](NC(=O)c3nccc4ccccc34)C(=O)N2[C@H](C(=O)NC2CC(=O)OC2O)C1. The summed E-state index contributed by atoms with van der Waals surface area (Å²) >= 11 is 0. The van der Waals surface area contributed by atoms with E-state index < -0.39 is 64.2 Å². The smallest absolute Gasteiger partial charge is 0.310 e. The van der Waals surface area contributed by atoms with E-state index in [-0.39, 0.29) is 43.8 Å². The summed E-state index contributed by atoms with van der Waals surface area (Å²) < 4.78 is 31.6. The van der Waals surface area contributed by atoms with Gasteiger partial charge in [-0.1, -0.05) is 36.4 Å². The third-order valence-corrected chi connectivity index (χ3v) is 9.40. The first-order chi connectivity index (χ1) is 19.6. The zero-order chi connectivity index (χ0) is 29.3. The van der Waals surface area contributed by atoms with Crippen molar-refractivity contribution < 1.29 is 37.4 Å². The third-order valence-electron chi connectivity index (χ3n) is 7.58. The average molecular weight is 586 g/mol. The number of piperazine rings is 1. The van der Waals surface area contributed by atoms with Crippen LogP contribution in [0.25, 0.3) is 10.8 Å². The summed E-state index contributed by atoms with van der Waals surface area (Å²) in [7, 11) is -3.73. The van der Waals surface area contributed by atoms with E-state index in [0.29, 0.717) is 5.39 Å². The van der Waals surface area contributed by atoms with Crippen LogP contribution in [-0.2, 0) is 29.1 Å². The number of cyclic esters (lactones) is 1. The molecule has 1 aromatic heterocycles. The second-order valence-electron chi connectivity index (χ2n) is 10.2. The summed E-state index contributed by atoms with van der Waals surface area (Å²) in [5.41, 5.74) is 0.145. The summed E-state index contributed by atoms with van der Waals surface area (Å²) in [4.78, 5) is 58.1. The van der Waals surface area contributed by atoms with Crippen LogP contribution in [0.5, 0.6) is 0 Å². The van der Waals surface area contributed by atoms with Gasteiger partial charge in [-0.05, 0) is 31.2 Å². The van der Waals surface area contributed by atoms with E-state index in [1.54, 1.807) is 30.4 Å². The van der Waals surface area contributed by atoms with E-state index in [1.807, 2.05) is 12.1 Å². The van der Waals surface area contributed by atoms with Crippen molar-refractivity contribution in [2.24, 2.45) is 0 Å². The van der Waals surface area contributed by atoms with Crippen LogP contribution in [0.15, 0.2) is 48.7 Å². The number of esters is 1. The second-order valence-corrected chi connectivity index (χ2v) is 12.4. The molecule has 41 heavy (non-hydrogen) atoms. The molecule has 4 heterocycles. The number of nitrogens with one attached hydrogen (secondary N) is 2. The summed E-state index contributed by atoms with van der Waals surface area (Å²) in [6, 6.07) is 4.89. The Morgan fingerprint density at radius 3 is 2.59 bits per heavy atom. The van der Waals surface area contributed by atoms with Gasteiger partial charge in [0.2, 0.25) is 28.1 Å². The maximum absolute atomic E-state index is 14.0. The van der Waals surface area contributed by atoms with Gasteiger partial charge in [0.25, 0.3) is 5.91 Å². The Morgan fingerprint density at radius 2 is 1.85 bits per heavy atom. The molecule has 0 spiro atoms. The molecule has 13 nitrogen and oxygen atoms in total. The number of hydrogen-bond acceptors (Lipinski definition) is 9. The zero-order valence-electron chi connectivity index (χ0n) is 22.3. The van der Waals surface area contributed by atoms with Gasteiger partial charge in [-0.15, -0.1) is 0 Å². The number of hydrogen-bond donors (Lipinski definition) is 3. The standard InChI is InChI=1S/C27H31N5O8S/c1-2-41(38,39)31-14-17-8-4-6-10-19(29-25(35)23-18-9-5-3-7-16(18)11-12-28-23)26(36)32(17)21(15-31)24(34)30-20-13-22(33)40-27(20)37/h3-7,9,11-12,17,19-21,27,37H,2,8,10,13-15H2,1H3,(H,29,35)(H,30,34)/b6-4-/t17-,19-,20?,21-,27?/m0/s1. The van der Waals surface area contributed by atoms with Crippen LogP contribution in [0.3, 0.4) is 0 Å². The normalized spacial score (nSPS) is 27.9. The van der Waals surface area contributed by atoms with Crippen LogP contribution >= 0.6 is 0 Å². The highest BCUT2D eigenvalue weighted by atomic mass is 32.2. The van der Waals surface area contributed by atoms with E-state index in [2.05, 4.69) is 15.6 Å². The number of aliphatic hydroxyl groups is 1. The molecule has 218 valence electrons. The van der Waals surface area contributed by atoms with E-state index in [1.165, 1.54) is 22.3 Å². The van der Waals surface area contributed by atoms with Crippen molar-refractivity contribution in [3.63, 3.8) is 0 Å². The number of carbonyl (C=O) groups excluding carboxylic acids is 4. The fourth-order valence-electron chi connectivity index (χ4n) is 5.43. The molecule has 1 aromatic carbocycles. The Balaban J connectivity index is 1.45. The van der Waals surface area contributed by atoms with Crippen LogP contribution in [0.2, 0.25) is 0 Å². The molecule has 3 N–H and O–H groups in total. The Morgan fingerprint density at radius 1 is 1.10 bits per heavy atom. The molecule has 2 unspecified atom stereocenters. The van der Waals surface area contributed by atoms with Gasteiger partial charge in [0.05, 0.1) is 12.2 Å². The maximum atomic E-state index is 14.0. The van der Waals surface area contributed by atoms with Crippen molar-refractivity contribution >= 4 is 44.5 Å². The third kappa shape index (κ3) is 5.80. The van der Waals surface area contributed by atoms with Crippen molar-refractivity contribution in [2.45, 2.75) is 56.6 Å². The minimum Gasteiger partial charge on any atom is -0.434 e. The predicted molar refractivity (Wildman–Crippen MR) is 145 cm³/mol. The van der Waals surface area contributed by atoms with Crippen LogP contribution in [-0.4, -0.2) is 101 Å². The highest BCUT2D eigenvalue weighted by molar-refractivity contribution is 7.89. The summed E-state index contributed by atoms with van der Waals surface area (Å²) in [6.07, 6.45) is 3.64. The zero-order valence-corrected chi connectivity index (χ0v) is 23.1. The number of aliphatic hydroxyl groups excluding tert-OH is 1. The minimum atomic E-state index is -3.73. The number of nitrogens with zero attached hydrogens (tertiary/aromatic N) is 3. The number of sulfonamides is 1. The molecule has 0 bridgehead atoms. The minimum absolute atomic E-state index is 0.0325. The molecule has 0 saturated carbocycles. The van der Waals surface area contributed by atoms with Gasteiger partial charge in [-0.3, -0.25) is 24.2 Å². The van der Waals surface area contributed by atoms with Crippen LogP contribution in [0.1, 0.15) is 36.7 Å². The fraction of sp³-hybridized carbons (Fsp3) is 0.444. The first-order valence-corrected chi connectivity index (χ1v) is 15.0. The molecule has 2 saturated heterocycles. The van der Waals surface area contributed by atoms with Gasteiger partial charge in [-0.2, -0.15) is 4.31 Å². The molecule has 3 aliphatic rings. The summed E-state index contributed by atoms with van der Waals surface area (Å²) in [5, 5.41) is 16.7. The lowest BCUT2D eigenvalue weighted by Crippen LogP contribution is -2.68. The lowest BCUT2D eigenvalue weighted by molar-refractivity contribution is -0.156. The molecule has 3 amide bonds. The number of ether oxygens (including phenoxy) is 1. The highest BCUT2D eigenvalue weighted by Gasteiger charge is 2.47. The van der Waals surface area contributed by atoms with Gasteiger partial charge < -0.3 is 25.4 Å². The van der Waals surface area contributed by atoms with E-state index >= 15 is 0 Å². The topological polar surface area (TPSA) is 175 Å². The molecule has 3 aliphatic heterocycles. The van der Waals surface area contributed by atoms with Gasteiger partial charge in [0.1, 0.15) is 23.8 Å². The Kier molecular flexibility index (Phi) is 8.07. The molecule has 2 fully saturated rings. The van der Waals surface area contributed by atoms with E-state index in [4.69, 9.17) is 4.74 Å². The van der Waals surface area contributed by atoms with Gasteiger partial charge >= 0.3 is 5.97 Å². The number of pyridine rings is 1. The predicted octanol–water partition coefficient (Wildman–Crippen LogP) is -0.336. The summed E-state index contributed by atoms with van der Waals surface area (Å²) in [5.74, 6) is -2.76. The monoisotopic (exact) mass is 585 g/mol. The lowest BCUT2D eigenvalue weighted by atomic mass is 9.97. The number of carbonyl (C=O) groups is 4. The van der Waals surface area contributed by atoms with E-state index in [0.717, 1.165) is 5.39 Å². The number of benzene rings is 1. The van der Waals surface area contributed by atoms with Crippen molar-refractivity contribution in [1.82, 2.24) is 24.8 Å². The second kappa shape index (κ2) is 11.5. The number of fused-ring (bicyclic) bond motifs is 2. The van der Waals surface area contributed by atoms with Crippen molar-refractivity contribution in [3.8, 4) is 0 Å². The molecule has 2 aromatic rings. The molecule has 0 radical (unpaired) electrons. The summed E-state index contributed by atoms with van der Waals surface area (Å²) in [6.45, 7) is 1.14. The van der Waals surface area contributed by atoms with Crippen LogP contribution in [0, 0.1) is 0 Å². The maximum Gasteiger partial charge on any atom is 0.310 e. The van der Waals surface area contributed by atoms with Gasteiger partial charge in [-0.25, -0.2) is 8.42 Å². The molecule has 0 aliphatic carbocycles. The Hall–Kier alpha value is -3.88. The molecule has 5 rings (SSSR count). The molecular weight excluding hydrogens is 554 g/mol.